The molecule has 26 heavy (non-hydrogen) atoms. The van der Waals surface area contributed by atoms with Crippen LogP contribution in [0.25, 0.3) is 0 Å². The zero-order valence-electron chi connectivity index (χ0n) is 16.2. The van der Waals surface area contributed by atoms with Crippen molar-refractivity contribution in [1.29, 1.82) is 0 Å². The van der Waals surface area contributed by atoms with E-state index in [1.54, 1.807) is 0 Å². The lowest BCUT2D eigenvalue weighted by Gasteiger charge is -2.40. The minimum atomic E-state index is -0.140. The summed E-state index contributed by atoms with van der Waals surface area (Å²) in [6.45, 7) is 12.6. The van der Waals surface area contributed by atoms with Gasteiger partial charge < -0.3 is 10.6 Å². The summed E-state index contributed by atoms with van der Waals surface area (Å²) >= 11 is 11.2. The van der Waals surface area contributed by atoms with Crippen molar-refractivity contribution < 1.29 is 0 Å². The van der Waals surface area contributed by atoms with Gasteiger partial charge in [0, 0.05) is 11.4 Å². The first-order valence-corrected chi connectivity index (χ1v) is 9.54. The summed E-state index contributed by atoms with van der Waals surface area (Å²) in [4.78, 5) is 4.13. The number of nitrogens with zero attached hydrogens (tertiary/aromatic N) is 2. The first-order valence-electron chi connectivity index (χ1n) is 8.73. The summed E-state index contributed by atoms with van der Waals surface area (Å²) in [6, 6.07) is 8.29. The van der Waals surface area contributed by atoms with Crippen molar-refractivity contribution in [2.45, 2.75) is 52.6 Å². The van der Waals surface area contributed by atoms with E-state index in [0.717, 1.165) is 22.8 Å². The third-order valence-corrected chi connectivity index (χ3v) is 5.02. The topological polar surface area (TPSA) is 30.5 Å². The summed E-state index contributed by atoms with van der Waals surface area (Å²) in [5, 5.41) is 8.18. The number of hydrogen-bond acceptors (Lipinski definition) is 2. The van der Waals surface area contributed by atoms with Crippen LogP contribution in [-0.4, -0.2) is 21.3 Å². The fourth-order valence-corrected chi connectivity index (χ4v) is 4.67. The van der Waals surface area contributed by atoms with Gasteiger partial charge in [-0.2, -0.15) is 0 Å². The van der Waals surface area contributed by atoms with Crippen molar-refractivity contribution in [1.82, 2.24) is 10.6 Å². The second-order valence-electron chi connectivity index (χ2n) is 8.07. The van der Waals surface area contributed by atoms with Gasteiger partial charge in [0.15, 0.2) is 10.2 Å². The molecule has 0 fully saturated rings. The largest absolute Gasteiger partial charge is 0.354 e. The molecule has 0 atom stereocenters. The van der Waals surface area contributed by atoms with Crippen LogP contribution in [0.4, 0.5) is 11.4 Å². The van der Waals surface area contributed by atoms with Crippen LogP contribution in [0.2, 0.25) is 0 Å². The Morgan fingerprint density at radius 3 is 1.50 bits per heavy atom. The van der Waals surface area contributed by atoms with Crippen LogP contribution in [0, 0.1) is 0 Å². The molecule has 0 spiro atoms. The van der Waals surface area contributed by atoms with Crippen LogP contribution in [-0.2, 0) is 0 Å². The van der Waals surface area contributed by atoms with E-state index in [4.69, 9.17) is 24.4 Å². The zero-order chi connectivity index (χ0) is 19.3. The lowest BCUT2D eigenvalue weighted by molar-refractivity contribution is 0.559. The van der Waals surface area contributed by atoms with E-state index < -0.39 is 0 Å². The van der Waals surface area contributed by atoms with E-state index >= 15 is 0 Å². The molecule has 0 saturated carbocycles. The third kappa shape index (κ3) is 3.62. The highest BCUT2D eigenvalue weighted by Gasteiger charge is 2.30. The molecule has 0 aliphatic carbocycles. The predicted octanol–water partition coefficient (Wildman–Crippen LogP) is 4.44. The molecular weight excluding hydrogens is 360 g/mol. The summed E-state index contributed by atoms with van der Waals surface area (Å²) in [5.74, 6) is 0. The average molecular weight is 387 g/mol. The quantitative estimate of drug-likeness (QED) is 0.731. The second-order valence-corrected chi connectivity index (χ2v) is 8.84. The van der Waals surface area contributed by atoms with Crippen LogP contribution in [0.5, 0.6) is 0 Å². The fourth-order valence-electron chi connectivity index (χ4n) is 3.64. The zero-order valence-corrected chi connectivity index (χ0v) is 17.8. The van der Waals surface area contributed by atoms with Crippen molar-refractivity contribution >= 4 is 46.0 Å². The highest BCUT2D eigenvalue weighted by Crippen LogP contribution is 2.32. The minimum Gasteiger partial charge on any atom is -0.354 e. The Bertz CT molecular complexity index is 771. The summed E-state index contributed by atoms with van der Waals surface area (Å²) in [6.07, 6.45) is 4.38. The van der Waals surface area contributed by atoms with Gasteiger partial charge in [0.05, 0.1) is 22.5 Å². The van der Waals surface area contributed by atoms with Gasteiger partial charge in [0.25, 0.3) is 0 Å². The third-order valence-electron chi connectivity index (χ3n) is 4.46. The van der Waals surface area contributed by atoms with Crippen molar-refractivity contribution in [3.8, 4) is 0 Å². The number of nitrogens with one attached hydrogen (secondary N) is 2. The SMILES string of the molecule is CC1=CC(C)(C)NC(=S)N1c1cccc(N2C(=S)NC(C)(C)C=C2C)c1. The molecule has 138 valence electrons. The summed E-state index contributed by atoms with van der Waals surface area (Å²) < 4.78 is 0. The Morgan fingerprint density at radius 2 is 1.15 bits per heavy atom. The van der Waals surface area contributed by atoms with E-state index in [9.17, 15) is 0 Å². The molecule has 2 heterocycles. The number of allylic oxidation sites excluding steroid dienone is 2. The van der Waals surface area contributed by atoms with Gasteiger partial charge >= 0.3 is 0 Å². The highest BCUT2D eigenvalue weighted by molar-refractivity contribution is 7.80. The lowest BCUT2D eigenvalue weighted by atomic mass is 10.0. The molecule has 2 aliphatic heterocycles. The van der Waals surface area contributed by atoms with Gasteiger partial charge in [-0.25, -0.2) is 0 Å². The number of benzene rings is 1. The maximum absolute atomic E-state index is 5.62. The van der Waals surface area contributed by atoms with Gasteiger partial charge in [-0.05, 0) is 96.3 Å². The van der Waals surface area contributed by atoms with Crippen LogP contribution in [0.1, 0.15) is 41.5 Å². The van der Waals surface area contributed by atoms with Gasteiger partial charge in [-0.3, -0.25) is 9.80 Å². The van der Waals surface area contributed by atoms with E-state index in [1.165, 1.54) is 0 Å². The summed E-state index contributed by atoms with van der Waals surface area (Å²) in [5.41, 5.74) is 3.98. The Kier molecular flexibility index (Phi) is 4.61. The first kappa shape index (κ1) is 18.9. The van der Waals surface area contributed by atoms with Crippen molar-refractivity contribution in [2.24, 2.45) is 0 Å². The molecule has 6 heteroatoms. The second kappa shape index (κ2) is 6.35. The Balaban J connectivity index is 2.00. The van der Waals surface area contributed by atoms with Crippen molar-refractivity contribution in [3.63, 3.8) is 0 Å². The van der Waals surface area contributed by atoms with Crippen LogP contribution in [0.3, 0.4) is 0 Å². The molecule has 1 aromatic carbocycles. The molecule has 2 aliphatic rings. The maximum Gasteiger partial charge on any atom is 0.178 e. The first-order chi connectivity index (χ1) is 12.0. The van der Waals surface area contributed by atoms with Gasteiger partial charge in [0.2, 0.25) is 0 Å². The molecule has 0 unspecified atom stereocenters. The Labute approximate surface area is 166 Å². The molecule has 0 radical (unpaired) electrons. The van der Waals surface area contributed by atoms with E-state index in [1.807, 2.05) is 6.07 Å². The van der Waals surface area contributed by atoms with E-state index in [2.05, 4.69) is 92.3 Å². The number of hydrogen-bond donors (Lipinski definition) is 2. The molecular formula is C20H26N4S2. The van der Waals surface area contributed by atoms with Gasteiger partial charge in [0.1, 0.15) is 0 Å². The maximum atomic E-state index is 5.62. The molecule has 0 saturated heterocycles. The van der Waals surface area contributed by atoms with E-state index in [0.29, 0.717) is 10.2 Å². The average Bonchev–Trinajstić information content (AvgIpc) is 2.43. The monoisotopic (exact) mass is 386 g/mol. The number of rotatable bonds is 2. The molecule has 3 rings (SSSR count). The Hall–Kier alpha value is -1.92. The Morgan fingerprint density at radius 1 is 0.769 bits per heavy atom. The highest BCUT2D eigenvalue weighted by atomic mass is 32.1. The van der Waals surface area contributed by atoms with Gasteiger partial charge in [-0.1, -0.05) is 6.07 Å². The normalized spacial score (nSPS) is 21.6. The lowest BCUT2D eigenvalue weighted by Crippen LogP contribution is -2.53. The molecule has 4 nitrogen and oxygen atoms in total. The predicted molar refractivity (Wildman–Crippen MR) is 119 cm³/mol. The van der Waals surface area contributed by atoms with Crippen molar-refractivity contribution in [3.05, 3.63) is 47.8 Å². The molecule has 0 aromatic heterocycles. The van der Waals surface area contributed by atoms with E-state index in [-0.39, 0.29) is 11.1 Å². The van der Waals surface area contributed by atoms with Crippen LogP contribution >= 0.6 is 24.4 Å². The fraction of sp³-hybridized carbons (Fsp3) is 0.400. The molecule has 0 amide bonds. The molecule has 2 N–H and O–H groups in total. The molecule has 1 aromatic rings. The number of anilines is 2. The van der Waals surface area contributed by atoms with Crippen LogP contribution in [0.15, 0.2) is 47.8 Å². The smallest absolute Gasteiger partial charge is 0.178 e. The summed E-state index contributed by atoms with van der Waals surface area (Å²) in [7, 11) is 0. The van der Waals surface area contributed by atoms with Gasteiger partial charge in [-0.15, -0.1) is 0 Å². The minimum absolute atomic E-state index is 0.140. The number of thiocarbonyl (C=S) groups is 2. The van der Waals surface area contributed by atoms with Crippen LogP contribution < -0.4 is 20.4 Å². The standard InChI is InChI=1S/C20H26N4S2/c1-13-11-19(3,4)21-17(25)23(13)15-8-7-9-16(10-15)24-14(2)12-20(5,6)22-18(24)26/h7-12H,1-6H3,(H,21,25)(H,22,26). The molecule has 0 bridgehead atoms. The van der Waals surface area contributed by atoms with Crippen molar-refractivity contribution in [2.75, 3.05) is 9.80 Å².